The number of carbonyl (C=O) groups is 2. The number of nitrogens with one attached hydrogen (secondary N) is 2. The van der Waals surface area contributed by atoms with E-state index in [1.165, 1.54) is 5.56 Å². The molecule has 0 aliphatic heterocycles. The summed E-state index contributed by atoms with van der Waals surface area (Å²) in [5.41, 5.74) is 7.05. The maximum Gasteiger partial charge on any atom is 0.312 e. The molecule has 0 radical (unpaired) electrons. The molecule has 0 aliphatic carbocycles. The van der Waals surface area contributed by atoms with Gasteiger partial charge in [0.1, 0.15) is 0 Å². The van der Waals surface area contributed by atoms with Gasteiger partial charge in [0.05, 0.1) is 0 Å². The van der Waals surface area contributed by atoms with Gasteiger partial charge in [-0.05, 0) is 42.9 Å². The fourth-order valence-electron chi connectivity index (χ4n) is 2.04. The lowest BCUT2D eigenvalue weighted by atomic mass is 10.0. The number of hydrogen-bond donors (Lipinski definition) is 3. The van der Waals surface area contributed by atoms with Gasteiger partial charge in [0, 0.05) is 18.7 Å². The van der Waals surface area contributed by atoms with Gasteiger partial charge in [0.25, 0.3) is 0 Å². The van der Waals surface area contributed by atoms with Crippen LogP contribution in [-0.2, 0) is 11.2 Å². The van der Waals surface area contributed by atoms with Crippen molar-refractivity contribution < 1.29 is 9.59 Å². The van der Waals surface area contributed by atoms with E-state index < -0.39 is 6.03 Å². The molecule has 0 saturated carbocycles. The third kappa shape index (κ3) is 7.97. The fraction of sp³-hybridized carbons (Fsp3) is 0.500. The van der Waals surface area contributed by atoms with Gasteiger partial charge in [0.2, 0.25) is 5.91 Å². The molecule has 116 valence electrons. The molecule has 0 aliphatic rings. The van der Waals surface area contributed by atoms with Gasteiger partial charge in [-0.25, -0.2) is 4.79 Å². The van der Waals surface area contributed by atoms with Crippen molar-refractivity contribution in [1.29, 1.82) is 0 Å². The minimum Gasteiger partial charge on any atom is -0.352 e. The highest BCUT2D eigenvalue weighted by Crippen LogP contribution is 2.13. The summed E-state index contributed by atoms with van der Waals surface area (Å²) in [5.74, 6) is 0.616. The van der Waals surface area contributed by atoms with Crippen molar-refractivity contribution in [3.8, 4) is 0 Å². The summed E-state index contributed by atoms with van der Waals surface area (Å²) in [7, 11) is 0. The smallest absolute Gasteiger partial charge is 0.312 e. The summed E-state index contributed by atoms with van der Waals surface area (Å²) in [5, 5.41) is 5.37. The molecule has 1 aromatic rings. The zero-order valence-corrected chi connectivity index (χ0v) is 12.8. The number of anilines is 1. The standard InChI is InChI=1S/C16H25N3O2/c1-12(2)11-13-6-8-14(9-7-13)19-15(20)5-3-4-10-18-16(17)21/h6-9,12H,3-5,10-11H2,1-2H3,(H,19,20)(H3,17,18,21). The van der Waals surface area contributed by atoms with Crippen molar-refractivity contribution in [3.05, 3.63) is 29.8 Å². The van der Waals surface area contributed by atoms with Crippen LogP contribution in [0.4, 0.5) is 10.5 Å². The fourth-order valence-corrected chi connectivity index (χ4v) is 2.04. The van der Waals surface area contributed by atoms with Crippen molar-refractivity contribution in [2.75, 3.05) is 11.9 Å². The zero-order valence-electron chi connectivity index (χ0n) is 12.8. The van der Waals surface area contributed by atoms with Crippen LogP contribution in [0.2, 0.25) is 0 Å². The molecule has 0 saturated heterocycles. The molecule has 4 N–H and O–H groups in total. The summed E-state index contributed by atoms with van der Waals surface area (Å²) in [6, 6.07) is 7.44. The second kappa shape index (κ2) is 9.00. The van der Waals surface area contributed by atoms with Crippen molar-refractivity contribution in [3.63, 3.8) is 0 Å². The van der Waals surface area contributed by atoms with Crippen molar-refractivity contribution in [2.45, 2.75) is 39.5 Å². The predicted octanol–water partition coefficient (Wildman–Crippen LogP) is 2.66. The van der Waals surface area contributed by atoms with Crippen LogP contribution in [0.15, 0.2) is 24.3 Å². The number of carbonyl (C=O) groups excluding carboxylic acids is 2. The average molecular weight is 291 g/mol. The van der Waals surface area contributed by atoms with Crippen LogP contribution in [0, 0.1) is 5.92 Å². The highest BCUT2D eigenvalue weighted by molar-refractivity contribution is 5.90. The summed E-state index contributed by atoms with van der Waals surface area (Å²) in [6.45, 7) is 4.87. The van der Waals surface area contributed by atoms with Gasteiger partial charge >= 0.3 is 6.03 Å². The van der Waals surface area contributed by atoms with E-state index >= 15 is 0 Å². The van der Waals surface area contributed by atoms with Crippen LogP contribution < -0.4 is 16.4 Å². The molecule has 0 atom stereocenters. The number of nitrogens with two attached hydrogens (primary N) is 1. The van der Waals surface area contributed by atoms with Crippen molar-refractivity contribution >= 4 is 17.6 Å². The van der Waals surface area contributed by atoms with Crippen LogP contribution in [0.25, 0.3) is 0 Å². The van der Waals surface area contributed by atoms with Gasteiger partial charge in [-0.1, -0.05) is 26.0 Å². The van der Waals surface area contributed by atoms with E-state index in [0.717, 1.165) is 24.9 Å². The van der Waals surface area contributed by atoms with Crippen LogP contribution in [-0.4, -0.2) is 18.5 Å². The minimum absolute atomic E-state index is 0.00863. The maximum atomic E-state index is 11.7. The van der Waals surface area contributed by atoms with Crippen LogP contribution in [0.5, 0.6) is 0 Å². The summed E-state index contributed by atoms with van der Waals surface area (Å²) < 4.78 is 0. The number of amides is 3. The first-order valence-corrected chi connectivity index (χ1v) is 7.39. The third-order valence-electron chi connectivity index (χ3n) is 3.01. The molecular weight excluding hydrogens is 266 g/mol. The quantitative estimate of drug-likeness (QED) is 0.643. The van der Waals surface area contributed by atoms with Gasteiger partial charge < -0.3 is 16.4 Å². The number of rotatable bonds is 8. The van der Waals surface area contributed by atoms with Crippen LogP contribution in [0.3, 0.4) is 0 Å². The maximum absolute atomic E-state index is 11.7. The van der Waals surface area contributed by atoms with Crippen molar-refractivity contribution in [2.24, 2.45) is 11.7 Å². The molecule has 0 heterocycles. The monoisotopic (exact) mass is 291 g/mol. The van der Waals surface area contributed by atoms with Gasteiger partial charge in [-0.2, -0.15) is 0 Å². The molecular formula is C16H25N3O2. The minimum atomic E-state index is -0.527. The summed E-state index contributed by atoms with van der Waals surface area (Å²) >= 11 is 0. The molecule has 1 aromatic carbocycles. The number of benzene rings is 1. The molecule has 0 spiro atoms. The number of unbranched alkanes of at least 4 members (excludes halogenated alkanes) is 1. The van der Waals surface area contributed by atoms with E-state index in [1.54, 1.807) is 0 Å². The molecule has 3 amide bonds. The molecule has 0 aromatic heterocycles. The Labute approximate surface area is 126 Å². The Morgan fingerprint density at radius 3 is 2.38 bits per heavy atom. The average Bonchev–Trinajstić information content (AvgIpc) is 2.39. The highest BCUT2D eigenvalue weighted by Gasteiger charge is 2.03. The van der Waals surface area contributed by atoms with Crippen LogP contribution in [0.1, 0.15) is 38.7 Å². The lowest BCUT2D eigenvalue weighted by Gasteiger charge is -2.08. The largest absolute Gasteiger partial charge is 0.352 e. The van der Waals surface area contributed by atoms with E-state index in [0.29, 0.717) is 18.9 Å². The van der Waals surface area contributed by atoms with E-state index in [1.807, 2.05) is 24.3 Å². The topological polar surface area (TPSA) is 84.2 Å². The predicted molar refractivity (Wildman–Crippen MR) is 85.1 cm³/mol. The lowest BCUT2D eigenvalue weighted by molar-refractivity contribution is -0.116. The second-order valence-corrected chi connectivity index (χ2v) is 5.59. The first-order chi connectivity index (χ1) is 9.97. The molecule has 0 bridgehead atoms. The first kappa shape index (κ1) is 17.0. The molecule has 5 heteroatoms. The Morgan fingerprint density at radius 2 is 1.81 bits per heavy atom. The first-order valence-electron chi connectivity index (χ1n) is 7.39. The van der Waals surface area contributed by atoms with E-state index in [2.05, 4.69) is 24.5 Å². The second-order valence-electron chi connectivity index (χ2n) is 5.59. The number of hydrogen-bond acceptors (Lipinski definition) is 2. The normalized spacial score (nSPS) is 10.4. The van der Waals surface area contributed by atoms with Crippen LogP contribution >= 0.6 is 0 Å². The summed E-state index contributed by atoms with van der Waals surface area (Å²) in [4.78, 5) is 22.2. The Hall–Kier alpha value is -2.04. The Kier molecular flexibility index (Phi) is 7.29. The van der Waals surface area contributed by atoms with E-state index in [4.69, 9.17) is 5.73 Å². The highest BCUT2D eigenvalue weighted by atomic mass is 16.2. The third-order valence-corrected chi connectivity index (χ3v) is 3.01. The van der Waals surface area contributed by atoms with Gasteiger partial charge in [0.15, 0.2) is 0 Å². The van der Waals surface area contributed by atoms with Gasteiger partial charge in [-0.3, -0.25) is 4.79 Å². The molecule has 0 fully saturated rings. The SMILES string of the molecule is CC(C)Cc1ccc(NC(=O)CCCCNC(N)=O)cc1. The lowest BCUT2D eigenvalue weighted by Crippen LogP contribution is -2.30. The Morgan fingerprint density at radius 1 is 1.14 bits per heavy atom. The van der Waals surface area contributed by atoms with E-state index in [9.17, 15) is 9.59 Å². The van der Waals surface area contributed by atoms with Crippen molar-refractivity contribution in [1.82, 2.24) is 5.32 Å². The molecule has 21 heavy (non-hydrogen) atoms. The molecule has 1 rings (SSSR count). The number of primary amides is 1. The molecule has 5 nitrogen and oxygen atoms in total. The Balaban J connectivity index is 2.26. The van der Waals surface area contributed by atoms with E-state index in [-0.39, 0.29) is 5.91 Å². The number of urea groups is 1. The zero-order chi connectivity index (χ0) is 15.7. The summed E-state index contributed by atoms with van der Waals surface area (Å²) in [6.07, 6.45) is 2.94. The van der Waals surface area contributed by atoms with Gasteiger partial charge in [-0.15, -0.1) is 0 Å². The molecule has 0 unspecified atom stereocenters. The Bertz CT molecular complexity index is 455.